The zero-order chi connectivity index (χ0) is 21.3. The van der Waals surface area contributed by atoms with E-state index in [0.717, 1.165) is 23.7 Å². The van der Waals surface area contributed by atoms with Crippen LogP contribution in [0.2, 0.25) is 0 Å². The van der Waals surface area contributed by atoms with Crippen molar-refractivity contribution in [2.45, 2.75) is 13.8 Å². The van der Waals surface area contributed by atoms with Crippen molar-refractivity contribution in [1.29, 1.82) is 0 Å². The molecule has 1 aliphatic rings. The smallest absolute Gasteiger partial charge is 0.321 e. The number of fused-ring (bicyclic) bond motifs is 1. The van der Waals surface area contributed by atoms with E-state index in [2.05, 4.69) is 36.2 Å². The van der Waals surface area contributed by atoms with Gasteiger partial charge in [-0.25, -0.2) is 9.78 Å². The summed E-state index contributed by atoms with van der Waals surface area (Å²) >= 11 is 1.73. The van der Waals surface area contributed by atoms with Crippen LogP contribution in [0, 0.1) is 13.8 Å². The van der Waals surface area contributed by atoms with Crippen LogP contribution in [-0.4, -0.2) is 56.3 Å². The highest BCUT2D eigenvalue weighted by atomic mass is 32.1. The Kier molecular flexibility index (Phi) is 5.67. The van der Waals surface area contributed by atoms with Crippen molar-refractivity contribution >= 4 is 38.4 Å². The number of benzene rings is 2. The lowest BCUT2D eigenvalue weighted by Gasteiger charge is -2.34. The number of ether oxygens (including phenoxy) is 2. The maximum Gasteiger partial charge on any atom is 0.321 e. The number of urea groups is 1. The topological polar surface area (TPSA) is 66.9 Å². The zero-order valence-corrected chi connectivity index (χ0v) is 18.5. The number of thiazole rings is 1. The molecule has 158 valence electrons. The second-order valence-electron chi connectivity index (χ2n) is 7.40. The van der Waals surface area contributed by atoms with Crippen molar-refractivity contribution in [1.82, 2.24) is 9.88 Å². The second kappa shape index (κ2) is 8.39. The minimum atomic E-state index is -0.113. The Morgan fingerprint density at radius 1 is 1.03 bits per heavy atom. The van der Waals surface area contributed by atoms with Gasteiger partial charge in [0.25, 0.3) is 0 Å². The number of carbonyl (C=O) groups excluding carboxylic acids is 1. The molecule has 1 fully saturated rings. The summed E-state index contributed by atoms with van der Waals surface area (Å²) in [6, 6.07) is 9.57. The van der Waals surface area contributed by atoms with Gasteiger partial charge < -0.3 is 24.6 Å². The molecule has 2 aromatic carbocycles. The monoisotopic (exact) mass is 426 g/mol. The molecule has 7 nitrogen and oxygen atoms in total. The van der Waals surface area contributed by atoms with Gasteiger partial charge in [-0.05, 0) is 43.2 Å². The molecule has 3 aromatic rings. The van der Waals surface area contributed by atoms with E-state index >= 15 is 0 Å². The normalized spacial score (nSPS) is 14.1. The summed E-state index contributed by atoms with van der Waals surface area (Å²) in [6.07, 6.45) is 0. The molecule has 1 saturated heterocycles. The van der Waals surface area contributed by atoms with Gasteiger partial charge in [0.05, 0.1) is 24.4 Å². The Morgan fingerprint density at radius 2 is 1.77 bits per heavy atom. The van der Waals surface area contributed by atoms with Gasteiger partial charge in [0.1, 0.15) is 0 Å². The fourth-order valence-electron chi connectivity index (χ4n) is 3.72. The third-order valence-electron chi connectivity index (χ3n) is 5.28. The SMILES string of the molecule is COc1ccc(NC(=O)N2CCN(c3nc4cc(C)cc(C)c4s3)CC2)cc1OC. The van der Waals surface area contributed by atoms with Crippen molar-refractivity contribution in [2.75, 3.05) is 50.6 Å². The summed E-state index contributed by atoms with van der Waals surface area (Å²) in [6.45, 7) is 7.05. The predicted octanol–water partition coefficient (Wildman–Crippen LogP) is 4.28. The standard InChI is InChI=1S/C22H26N4O3S/c1-14-11-15(2)20-17(12-14)24-22(30-20)26-9-7-25(8-10-26)21(27)23-16-5-6-18(28-3)19(13-16)29-4/h5-6,11-13H,7-10H2,1-4H3,(H,23,27). The summed E-state index contributed by atoms with van der Waals surface area (Å²) in [5.74, 6) is 1.21. The van der Waals surface area contributed by atoms with Gasteiger partial charge >= 0.3 is 6.03 Å². The molecule has 0 spiro atoms. The largest absolute Gasteiger partial charge is 0.493 e. The molecule has 0 bridgehead atoms. The first kappa shape index (κ1) is 20.3. The van der Waals surface area contributed by atoms with Gasteiger partial charge in [-0.3, -0.25) is 0 Å². The third kappa shape index (κ3) is 4.00. The van der Waals surface area contributed by atoms with E-state index in [1.165, 1.54) is 15.8 Å². The molecule has 1 aliphatic heterocycles. The van der Waals surface area contributed by atoms with Crippen LogP contribution >= 0.6 is 11.3 Å². The van der Waals surface area contributed by atoms with Crippen LogP contribution in [0.4, 0.5) is 15.6 Å². The second-order valence-corrected chi connectivity index (χ2v) is 8.38. The molecule has 30 heavy (non-hydrogen) atoms. The molecule has 0 saturated carbocycles. The van der Waals surface area contributed by atoms with E-state index in [1.807, 2.05) is 4.90 Å². The molecule has 0 radical (unpaired) electrons. The fraction of sp³-hybridized carbons (Fsp3) is 0.364. The highest BCUT2D eigenvalue weighted by molar-refractivity contribution is 7.22. The van der Waals surface area contributed by atoms with Crippen LogP contribution in [0.5, 0.6) is 11.5 Å². The molecule has 2 heterocycles. The molecule has 2 amide bonds. The third-order valence-corrected chi connectivity index (χ3v) is 6.55. The van der Waals surface area contributed by atoms with Crippen LogP contribution in [0.1, 0.15) is 11.1 Å². The number of hydrogen-bond acceptors (Lipinski definition) is 6. The minimum absolute atomic E-state index is 0.113. The number of carbonyl (C=O) groups is 1. The van der Waals surface area contributed by atoms with Gasteiger partial charge in [0.15, 0.2) is 16.6 Å². The van der Waals surface area contributed by atoms with Crippen molar-refractivity contribution in [2.24, 2.45) is 0 Å². The van der Waals surface area contributed by atoms with Gasteiger partial charge in [-0.2, -0.15) is 0 Å². The zero-order valence-electron chi connectivity index (χ0n) is 17.7. The summed E-state index contributed by atoms with van der Waals surface area (Å²) in [5, 5.41) is 3.97. The van der Waals surface area contributed by atoms with E-state index in [0.29, 0.717) is 30.3 Å². The first-order chi connectivity index (χ1) is 14.5. The van der Waals surface area contributed by atoms with Gasteiger partial charge in [0, 0.05) is 37.9 Å². The predicted molar refractivity (Wildman–Crippen MR) is 121 cm³/mol. The summed E-state index contributed by atoms with van der Waals surface area (Å²) in [7, 11) is 3.16. The molecule has 1 N–H and O–H groups in total. The average Bonchev–Trinajstić information content (AvgIpc) is 3.18. The maximum atomic E-state index is 12.7. The Hall–Kier alpha value is -3.00. The number of piperazine rings is 1. The molecule has 8 heteroatoms. The van der Waals surface area contributed by atoms with E-state index in [4.69, 9.17) is 14.5 Å². The van der Waals surface area contributed by atoms with Crippen LogP contribution < -0.4 is 19.7 Å². The molecular formula is C22H26N4O3S. The number of anilines is 2. The van der Waals surface area contributed by atoms with Crippen LogP contribution in [0.25, 0.3) is 10.2 Å². The molecular weight excluding hydrogens is 400 g/mol. The number of nitrogens with zero attached hydrogens (tertiary/aromatic N) is 3. The molecule has 4 rings (SSSR count). The van der Waals surface area contributed by atoms with E-state index in [1.54, 1.807) is 43.8 Å². The Bertz CT molecular complexity index is 1070. The van der Waals surface area contributed by atoms with Gasteiger partial charge in [-0.1, -0.05) is 17.4 Å². The Morgan fingerprint density at radius 3 is 2.47 bits per heavy atom. The van der Waals surface area contributed by atoms with E-state index in [-0.39, 0.29) is 6.03 Å². The van der Waals surface area contributed by atoms with Crippen molar-refractivity contribution in [3.05, 3.63) is 41.5 Å². The number of aromatic nitrogens is 1. The van der Waals surface area contributed by atoms with Crippen molar-refractivity contribution in [3.8, 4) is 11.5 Å². The number of hydrogen-bond donors (Lipinski definition) is 1. The number of aryl methyl sites for hydroxylation is 2. The number of methoxy groups -OCH3 is 2. The van der Waals surface area contributed by atoms with Crippen molar-refractivity contribution < 1.29 is 14.3 Å². The molecule has 1 aromatic heterocycles. The van der Waals surface area contributed by atoms with E-state index in [9.17, 15) is 4.79 Å². The Labute approximate surface area is 180 Å². The number of rotatable bonds is 4. The minimum Gasteiger partial charge on any atom is -0.493 e. The molecule has 0 aliphatic carbocycles. The summed E-state index contributed by atoms with van der Waals surface area (Å²) in [5.41, 5.74) is 4.23. The first-order valence-corrected chi connectivity index (χ1v) is 10.7. The summed E-state index contributed by atoms with van der Waals surface area (Å²) in [4.78, 5) is 21.6. The first-order valence-electron chi connectivity index (χ1n) is 9.89. The fourth-order valence-corrected chi connectivity index (χ4v) is 4.78. The van der Waals surface area contributed by atoms with Crippen LogP contribution in [0.15, 0.2) is 30.3 Å². The highest BCUT2D eigenvalue weighted by Gasteiger charge is 2.23. The van der Waals surface area contributed by atoms with Gasteiger partial charge in [-0.15, -0.1) is 0 Å². The Balaban J connectivity index is 1.39. The van der Waals surface area contributed by atoms with E-state index < -0.39 is 0 Å². The quantitative estimate of drug-likeness (QED) is 0.674. The lowest BCUT2D eigenvalue weighted by molar-refractivity contribution is 0.208. The lowest BCUT2D eigenvalue weighted by Crippen LogP contribution is -2.50. The van der Waals surface area contributed by atoms with Crippen molar-refractivity contribution in [3.63, 3.8) is 0 Å². The number of amides is 2. The molecule has 0 unspecified atom stereocenters. The number of nitrogens with one attached hydrogen (secondary N) is 1. The molecule has 0 atom stereocenters. The highest BCUT2D eigenvalue weighted by Crippen LogP contribution is 2.33. The maximum absolute atomic E-state index is 12.7. The van der Waals surface area contributed by atoms with Gasteiger partial charge in [0.2, 0.25) is 0 Å². The average molecular weight is 427 g/mol. The van der Waals surface area contributed by atoms with Crippen LogP contribution in [-0.2, 0) is 0 Å². The summed E-state index contributed by atoms with van der Waals surface area (Å²) < 4.78 is 11.8. The van der Waals surface area contributed by atoms with Crippen LogP contribution in [0.3, 0.4) is 0 Å². The lowest BCUT2D eigenvalue weighted by atomic mass is 10.1.